The lowest BCUT2D eigenvalue weighted by Gasteiger charge is -2.12. The van der Waals surface area contributed by atoms with Gasteiger partial charge in [-0.25, -0.2) is 4.98 Å². The highest BCUT2D eigenvalue weighted by atomic mass is 16.5. The number of hydrogen-bond donors (Lipinski definition) is 0. The molecule has 0 spiro atoms. The van der Waals surface area contributed by atoms with Gasteiger partial charge in [-0.3, -0.25) is 0 Å². The van der Waals surface area contributed by atoms with Crippen molar-refractivity contribution in [1.82, 2.24) is 4.98 Å². The van der Waals surface area contributed by atoms with E-state index in [0.29, 0.717) is 12.5 Å². The molecule has 2 unspecified atom stereocenters. The zero-order chi connectivity index (χ0) is 10.7. The van der Waals surface area contributed by atoms with E-state index in [0.717, 1.165) is 12.0 Å². The third-order valence-corrected chi connectivity index (χ3v) is 2.55. The molecule has 0 saturated carbocycles. The predicted molar refractivity (Wildman–Crippen MR) is 53.2 cm³/mol. The maximum absolute atomic E-state index is 8.92. The molecule has 2 rings (SSSR count). The molecule has 1 fully saturated rings. The highest BCUT2D eigenvalue weighted by Gasteiger charge is 2.29. The summed E-state index contributed by atoms with van der Waals surface area (Å²) in [7, 11) is 1.58. The molecule has 4 heteroatoms. The average Bonchev–Trinajstić information content (AvgIpc) is 2.77. The van der Waals surface area contributed by atoms with Crippen LogP contribution in [0.5, 0.6) is 5.88 Å². The van der Waals surface area contributed by atoms with Crippen molar-refractivity contribution in [3.05, 3.63) is 23.9 Å². The van der Waals surface area contributed by atoms with Crippen LogP contribution in [0.1, 0.15) is 18.1 Å². The van der Waals surface area contributed by atoms with Gasteiger partial charge in [0.15, 0.2) is 0 Å². The summed E-state index contributed by atoms with van der Waals surface area (Å²) >= 11 is 0. The number of rotatable bonds is 2. The minimum Gasteiger partial charge on any atom is -0.481 e. The molecule has 2 heterocycles. The summed E-state index contributed by atoms with van der Waals surface area (Å²) in [6.07, 6.45) is 2.38. The molecule has 1 aromatic rings. The number of hydrogen-bond acceptors (Lipinski definition) is 4. The first-order valence-electron chi connectivity index (χ1n) is 4.86. The fourth-order valence-corrected chi connectivity index (χ4v) is 1.73. The number of nitrogens with zero attached hydrogens (tertiary/aromatic N) is 2. The van der Waals surface area contributed by atoms with E-state index < -0.39 is 0 Å². The van der Waals surface area contributed by atoms with Crippen LogP contribution in [0.3, 0.4) is 0 Å². The molecule has 78 valence electrons. The zero-order valence-corrected chi connectivity index (χ0v) is 8.51. The number of aromatic nitrogens is 1. The zero-order valence-electron chi connectivity index (χ0n) is 8.51. The maximum Gasteiger partial charge on any atom is 0.212 e. The lowest BCUT2D eigenvalue weighted by atomic mass is 9.98. The minimum absolute atomic E-state index is 0.0554. The molecule has 1 saturated heterocycles. The smallest absolute Gasteiger partial charge is 0.212 e. The number of pyridine rings is 1. The van der Waals surface area contributed by atoms with Gasteiger partial charge in [-0.2, -0.15) is 5.26 Å². The molecule has 0 aliphatic carbocycles. The summed E-state index contributed by atoms with van der Waals surface area (Å²) in [5.41, 5.74) is 0.944. The van der Waals surface area contributed by atoms with E-state index in [1.807, 2.05) is 6.07 Å². The SMILES string of the molecule is COc1ccc(C2OCCC2C#N)cn1. The van der Waals surface area contributed by atoms with Crippen molar-refractivity contribution in [2.45, 2.75) is 12.5 Å². The van der Waals surface area contributed by atoms with Gasteiger partial charge in [0.05, 0.1) is 25.2 Å². The second-order valence-electron chi connectivity index (χ2n) is 3.45. The van der Waals surface area contributed by atoms with E-state index >= 15 is 0 Å². The molecule has 15 heavy (non-hydrogen) atoms. The first-order chi connectivity index (χ1) is 7.35. The Morgan fingerprint density at radius 2 is 2.47 bits per heavy atom. The van der Waals surface area contributed by atoms with Gasteiger partial charge in [0, 0.05) is 24.4 Å². The topological polar surface area (TPSA) is 55.1 Å². The van der Waals surface area contributed by atoms with Crippen LogP contribution < -0.4 is 4.74 Å². The standard InChI is InChI=1S/C11H12N2O2/c1-14-10-3-2-9(7-13-10)11-8(6-12)4-5-15-11/h2-3,7-8,11H,4-5H2,1H3. The molecule has 1 aliphatic heterocycles. The van der Waals surface area contributed by atoms with Crippen LogP contribution in [0.25, 0.3) is 0 Å². The lowest BCUT2D eigenvalue weighted by molar-refractivity contribution is 0.100. The van der Waals surface area contributed by atoms with Crippen LogP contribution in [-0.2, 0) is 4.74 Å². The van der Waals surface area contributed by atoms with Crippen molar-refractivity contribution in [2.24, 2.45) is 5.92 Å². The van der Waals surface area contributed by atoms with E-state index in [-0.39, 0.29) is 12.0 Å². The van der Waals surface area contributed by atoms with Gasteiger partial charge in [0.25, 0.3) is 0 Å². The first kappa shape index (κ1) is 9.94. The van der Waals surface area contributed by atoms with Gasteiger partial charge in [-0.05, 0) is 12.5 Å². The summed E-state index contributed by atoms with van der Waals surface area (Å²) in [6.45, 7) is 0.648. The predicted octanol–water partition coefficient (Wildman–Crippen LogP) is 1.69. The van der Waals surface area contributed by atoms with Crippen molar-refractivity contribution in [3.8, 4) is 11.9 Å². The molecule has 0 N–H and O–H groups in total. The fraction of sp³-hybridized carbons (Fsp3) is 0.455. The van der Waals surface area contributed by atoms with E-state index in [9.17, 15) is 0 Å². The molecule has 1 aromatic heterocycles. The molecule has 4 nitrogen and oxygen atoms in total. The van der Waals surface area contributed by atoms with Crippen LogP contribution in [-0.4, -0.2) is 18.7 Å². The van der Waals surface area contributed by atoms with Crippen LogP contribution in [0, 0.1) is 17.2 Å². The molecule has 0 bridgehead atoms. The quantitative estimate of drug-likeness (QED) is 0.735. The van der Waals surface area contributed by atoms with Gasteiger partial charge in [0.2, 0.25) is 5.88 Å². The average molecular weight is 204 g/mol. The van der Waals surface area contributed by atoms with Gasteiger partial charge >= 0.3 is 0 Å². The molecule has 0 aromatic carbocycles. The number of methoxy groups -OCH3 is 1. The van der Waals surface area contributed by atoms with Crippen LogP contribution >= 0.6 is 0 Å². The lowest BCUT2D eigenvalue weighted by Crippen LogP contribution is -2.05. The molecular weight excluding hydrogens is 192 g/mol. The van der Waals surface area contributed by atoms with Crippen molar-refractivity contribution in [1.29, 1.82) is 5.26 Å². The third-order valence-electron chi connectivity index (χ3n) is 2.55. The summed E-state index contributed by atoms with van der Waals surface area (Å²) in [5.74, 6) is 0.519. The van der Waals surface area contributed by atoms with Crippen LogP contribution in [0.2, 0.25) is 0 Å². The van der Waals surface area contributed by atoms with Crippen molar-refractivity contribution in [2.75, 3.05) is 13.7 Å². The Hall–Kier alpha value is -1.60. The van der Waals surface area contributed by atoms with Gasteiger partial charge < -0.3 is 9.47 Å². The highest BCUT2D eigenvalue weighted by molar-refractivity contribution is 5.22. The summed E-state index contributed by atoms with van der Waals surface area (Å²) < 4.78 is 10.5. The molecule has 0 amide bonds. The first-order valence-corrected chi connectivity index (χ1v) is 4.86. The van der Waals surface area contributed by atoms with E-state index in [1.165, 1.54) is 0 Å². The van der Waals surface area contributed by atoms with E-state index in [4.69, 9.17) is 14.7 Å². The maximum atomic E-state index is 8.92. The number of ether oxygens (including phenoxy) is 2. The van der Waals surface area contributed by atoms with E-state index in [1.54, 1.807) is 19.4 Å². The van der Waals surface area contributed by atoms with E-state index in [2.05, 4.69) is 11.1 Å². The summed E-state index contributed by atoms with van der Waals surface area (Å²) in [4.78, 5) is 4.10. The third kappa shape index (κ3) is 1.92. The Bertz CT molecular complexity index is 369. The molecule has 0 radical (unpaired) electrons. The second kappa shape index (κ2) is 4.28. The largest absolute Gasteiger partial charge is 0.481 e. The van der Waals surface area contributed by atoms with Gasteiger partial charge in [-0.1, -0.05) is 0 Å². The van der Waals surface area contributed by atoms with Crippen LogP contribution in [0.15, 0.2) is 18.3 Å². The Morgan fingerprint density at radius 1 is 1.60 bits per heavy atom. The molecular formula is C11H12N2O2. The summed E-state index contributed by atoms with van der Waals surface area (Å²) in [6, 6.07) is 5.94. The number of nitriles is 1. The van der Waals surface area contributed by atoms with Gasteiger partial charge in [-0.15, -0.1) is 0 Å². The van der Waals surface area contributed by atoms with Crippen molar-refractivity contribution >= 4 is 0 Å². The highest BCUT2D eigenvalue weighted by Crippen LogP contribution is 2.33. The fourth-order valence-electron chi connectivity index (χ4n) is 1.73. The van der Waals surface area contributed by atoms with Crippen molar-refractivity contribution in [3.63, 3.8) is 0 Å². The monoisotopic (exact) mass is 204 g/mol. The second-order valence-corrected chi connectivity index (χ2v) is 3.45. The minimum atomic E-state index is -0.131. The normalized spacial score (nSPS) is 24.8. The van der Waals surface area contributed by atoms with Gasteiger partial charge in [0.1, 0.15) is 0 Å². The van der Waals surface area contributed by atoms with Crippen molar-refractivity contribution < 1.29 is 9.47 Å². The summed E-state index contributed by atoms with van der Waals surface area (Å²) in [5, 5.41) is 8.92. The molecule has 2 atom stereocenters. The van der Waals surface area contributed by atoms with Crippen LogP contribution in [0.4, 0.5) is 0 Å². The Balaban J connectivity index is 2.19. The molecule has 1 aliphatic rings. The Morgan fingerprint density at radius 3 is 3.07 bits per heavy atom. The Kier molecular flexibility index (Phi) is 2.84. The Labute approximate surface area is 88.5 Å².